The van der Waals surface area contributed by atoms with Gasteiger partial charge in [-0.25, -0.2) is 4.79 Å². The minimum Gasteiger partial charge on any atom is -0.496 e. The molecule has 0 fully saturated rings. The summed E-state index contributed by atoms with van der Waals surface area (Å²) in [7, 11) is 1.48. The largest absolute Gasteiger partial charge is 0.496 e. The number of ketones is 1. The summed E-state index contributed by atoms with van der Waals surface area (Å²) in [5, 5.41) is 14.2. The summed E-state index contributed by atoms with van der Waals surface area (Å²) in [6.07, 6.45) is -1.55. The molecule has 0 heterocycles. The molecule has 1 rings (SSSR count). The number of nitrogens with one attached hydrogen (secondary N) is 1. The van der Waals surface area contributed by atoms with E-state index in [0.29, 0.717) is 33.9 Å². The first-order valence-electron chi connectivity index (χ1n) is 8.35. The quantitative estimate of drug-likeness (QED) is 0.501. The Labute approximate surface area is 169 Å². The summed E-state index contributed by atoms with van der Waals surface area (Å²) in [5.74, 6) is 0.135. The molecular formula is C18H26Cl2N2O5. The van der Waals surface area contributed by atoms with Crippen LogP contribution in [0, 0.1) is 6.92 Å². The van der Waals surface area contributed by atoms with E-state index in [0.717, 1.165) is 0 Å². The molecule has 0 aliphatic rings. The molecule has 27 heavy (non-hydrogen) atoms. The van der Waals surface area contributed by atoms with Crippen molar-refractivity contribution in [1.29, 1.82) is 0 Å². The van der Waals surface area contributed by atoms with Crippen molar-refractivity contribution in [3.63, 3.8) is 0 Å². The highest BCUT2D eigenvalue weighted by molar-refractivity contribution is 6.31. The zero-order valence-corrected chi connectivity index (χ0v) is 17.4. The van der Waals surface area contributed by atoms with Crippen molar-refractivity contribution in [1.82, 2.24) is 5.32 Å². The number of aliphatic hydroxyl groups is 1. The lowest BCUT2D eigenvalue weighted by Crippen LogP contribution is -2.49. The molecule has 1 atom stereocenters. The SMILES string of the molecule is COc1c(CCOC(N)=O)cc(Cl)c(C)c1C(O)CNC(C)(C)C(=O)CCl. The van der Waals surface area contributed by atoms with Gasteiger partial charge in [-0.2, -0.15) is 0 Å². The molecule has 0 aromatic heterocycles. The molecule has 0 aliphatic heterocycles. The molecule has 152 valence electrons. The van der Waals surface area contributed by atoms with Gasteiger partial charge in [-0.3, -0.25) is 4.79 Å². The summed E-state index contributed by atoms with van der Waals surface area (Å²) in [5.41, 5.74) is 5.91. The van der Waals surface area contributed by atoms with Crippen molar-refractivity contribution >= 4 is 35.1 Å². The highest BCUT2D eigenvalue weighted by atomic mass is 35.5. The average Bonchev–Trinajstić information content (AvgIpc) is 2.61. The normalized spacial score (nSPS) is 12.6. The number of alkyl halides is 1. The van der Waals surface area contributed by atoms with E-state index in [1.54, 1.807) is 26.8 Å². The zero-order valence-electron chi connectivity index (χ0n) is 15.9. The van der Waals surface area contributed by atoms with Gasteiger partial charge < -0.3 is 25.6 Å². The van der Waals surface area contributed by atoms with E-state index in [1.165, 1.54) is 7.11 Å². The molecule has 1 amide bonds. The van der Waals surface area contributed by atoms with Crippen LogP contribution in [-0.4, -0.2) is 48.7 Å². The number of Topliss-reactive ketones (excluding diaryl/α,β-unsaturated/α-hetero) is 1. The van der Waals surface area contributed by atoms with Crippen LogP contribution in [0.1, 0.15) is 36.6 Å². The number of amides is 1. The first-order valence-corrected chi connectivity index (χ1v) is 9.26. The molecular weight excluding hydrogens is 395 g/mol. The fourth-order valence-electron chi connectivity index (χ4n) is 2.61. The van der Waals surface area contributed by atoms with E-state index in [9.17, 15) is 14.7 Å². The van der Waals surface area contributed by atoms with Crippen LogP contribution in [0.3, 0.4) is 0 Å². The summed E-state index contributed by atoms with van der Waals surface area (Å²) in [6.45, 7) is 5.29. The molecule has 1 aromatic rings. The van der Waals surface area contributed by atoms with E-state index >= 15 is 0 Å². The molecule has 0 aliphatic carbocycles. The number of benzene rings is 1. The molecule has 1 unspecified atom stereocenters. The van der Waals surface area contributed by atoms with Crippen molar-refractivity contribution in [2.24, 2.45) is 5.73 Å². The van der Waals surface area contributed by atoms with Gasteiger partial charge in [0.05, 0.1) is 31.2 Å². The number of hydrogen-bond donors (Lipinski definition) is 3. The molecule has 7 nitrogen and oxygen atoms in total. The smallest absolute Gasteiger partial charge is 0.404 e. The molecule has 0 spiro atoms. The van der Waals surface area contributed by atoms with E-state index in [2.05, 4.69) is 5.32 Å². The summed E-state index contributed by atoms with van der Waals surface area (Å²) < 4.78 is 10.2. The number of hydrogen-bond acceptors (Lipinski definition) is 6. The standard InChI is InChI=1S/C18H26Cl2N2O5/c1-10-12(20)7-11(5-6-27-17(21)25)16(26-4)15(10)13(23)9-22-18(2,3)14(24)8-19/h7,13,22-23H,5-6,8-9H2,1-4H3,(H2,21,25). The number of nitrogens with two attached hydrogens (primary N) is 1. The molecule has 1 aromatic carbocycles. The second kappa shape index (κ2) is 10.1. The van der Waals surface area contributed by atoms with Crippen LogP contribution in [0.4, 0.5) is 4.79 Å². The van der Waals surface area contributed by atoms with Gasteiger partial charge in [0.1, 0.15) is 5.75 Å². The third kappa shape index (κ3) is 6.24. The highest BCUT2D eigenvalue weighted by Crippen LogP contribution is 2.37. The van der Waals surface area contributed by atoms with Gasteiger partial charge in [0.25, 0.3) is 0 Å². The highest BCUT2D eigenvalue weighted by Gasteiger charge is 2.28. The number of halogens is 2. The predicted octanol–water partition coefficient (Wildman–Crippen LogP) is 2.50. The summed E-state index contributed by atoms with van der Waals surface area (Å²) in [4.78, 5) is 22.6. The Bertz CT molecular complexity index is 695. The molecule has 9 heteroatoms. The lowest BCUT2D eigenvalue weighted by molar-refractivity contribution is -0.121. The van der Waals surface area contributed by atoms with Gasteiger partial charge >= 0.3 is 6.09 Å². The number of carbonyl (C=O) groups excluding carboxylic acids is 2. The van der Waals surface area contributed by atoms with Crippen LogP contribution < -0.4 is 15.8 Å². The van der Waals surface area contributed by atoms with Crippen LogP contribution in [0.25, 0.3) is 0 Å². The number of carbonyl (C=O) groups is 2. The van der Waals surface area contributed by atoms with Crippen molar-refractivity contribution < 1.29 is 24.2 Å². The minimum atomic E-state index is -0.989. The fraction of sp³-hybridized carbons (Fsp3) is 0.556. The Morgan fingerprint density at radius 2 is 2.04 bits per heavy atom. The maximum absolute atomic E-state index is 11.9. The maximum Gasteiger partial charge on any atom is 0.404 e. The van der Waals surface area contributed by atoms with Gasteiger partial charge in [0, 0.05) is 23.6 Å². The van der Waals surface area contributed by atoms with Gasteiger partial charge in [-0.1, -0.05) is 11.6 Å². The van der Waals surface area contributed by atoms with Crippen LogP contribution in [-0.2, 0) is 16.0 Å². The second-order valence-electron chi connectivity index (χ2n) is 6.59. The Morgan fingerprint density at radius 3 is 2.56 bits per heavy atom. The first kappa shape index (κ1) is 23.5. The lowest BCUT2D eigenvalue weighted by Gasteiger charge is -2.27. The van der Waals surface area contributed by atoms with Crippen LogP contribution in [0.2, 0.25) is 5.02 Å². The molecule has 0 bridgehead atoms. The second-order valence-corrected chi connectivity index (χ2v) is 7.26. The third-order valence-corrected chi connectivity index (χ3v) is 4.94. The van der Waals surface area contributed by atoms with Crippen molar-refractivity contribution in [3.05, 3.63) is 27.8 Å². The number of aliphatic hydroxyl groups excluding tert-OH is 1. The minimum absolute atomic E-state index is 0.0517. The van der Waals surface area contributed by atoms with Crippen molar-refractivity contribution in [2.45, 2.75) is 38.8 Å². The predicted molar refractivity (Wildman–Crippen MR) is 105 cm³/mol. The van der Waals surface area contributed by atoms with Crippen LogP contribution in [0.15, 0.2) is 6.07 Å². The van der Waals surface area contributed by atoms with Gasteiger partial charge in [-0.15, -0.1) is 11.6 Å². The van der Waals surface area contributed by atoms with E-state index in [-0.39, 0.29) is 24.8 Å². The Morgan fingerprint density at radius 1 is 1.41 bits per heavy atom. The Kier molecular flexibility index (Phi) is 8.81. The molecule has 4 N–H and O–H groups in total. The topological polar surface area (TPSA) is 111 Å². The monoisotopic (exact) mass is 420 g/mol. The fourth-order valence-corrected chi connectivity index (χ4v) is 3.18. The number of primary amides is 1. The third-order valence-electron chi connectivity index (χ3n) is 4.31. The summed E-state index contributed by atoms with van der Waals surface area (Å²) in [6, 6.07) is 1.70. The number of β-amino-alcohol motifs (C(OH)–C–C–N with tert-alkyl or cyclic N) is 1. The van der Waals surface area contributed by atoms with E-state index in [4.69, 9.17) is 38.4 Å². The number of ether oxygens (including phenoxy) is 2. The number of methoxy groups -OCH3 is 1. The van der Waals surface area contributed by atoms with Crippen molar-refractivity contribution in [3.8, 4) is 5.75 Å². The number of rotatable bonds is 10. The molecule has 0 radical (unpaired) electrons. The maximum atomic E-state index is 11.9. The molecule has 0 saturated carbocycles. The zero-order chi connectivity index (χ0) is 20.8. The Balaban J connectivity index is 3.11. The molecule has 0 saturated heterocycles. The van der Waals surface area contributed by atoms with Gasteiger partial charge in [0.15, 0.2) is 5.78 Å². The van der Waals surface area contributed by atoms with Gasteiger partial charge in [0.2, 0.25) is 0 Å². The van der Waals surface area contributed by atoms with E-state index in [1.807, 2.05) is 0 Å². The van der Waals surface area contributed by atoms with E-state index < -0.39 is 17.7 Å². The summed E-state index contributed by atoms with van der Waals surface area (Å²) >= 11 is 11.9. The Hall–Kier alpha value is -1.54. The van der Waals surface area contributed by atoms with Crippen molar-refractivity contribution in [2.75, 3.05) is 26.1 Å². The first-order chi connectivity index (χ1) is 12.5. The van der Waals surface area contributed by atoms with Crippen LogP contribution >= 0.6 is 23.2 Å². The lowest BCUT2D eigenvalue weighted by atomic mass is 9.95. The average molecular weight is 421 g/mol. The van der Waals surface area contributed by atoms with Crippen LogP contribution in [0.5, 0.6) is 5.75 Å². The van der Waals surface area contributed by atoms with Gasteiger partial charge in [-0.05, 0) is 38.0 Å².